The predicted molar refractivity (Wildman–Crippen MR) is 82.5 cm³/mol. The summed E-state index contributed by atoms with van der Waals surface area (Å²) < 4.78 is 4.50. The van der Waals surface area contributed by atoms with Crippen molar-refractivity contribution in [2.75, 3.05) is 18.6 Å². The van der Waals surface area contributed by atoms with Crippen molar-refractivity contribution in [3.05, 3.63) is 59.2 Å². The van der Waals surface area contributed by atoms with E-state index in [0.717, 1.165) is 11.3 Å². The number of benzene rings is 2. The van der Waals surface area contributed by atoms with Gasteiger partial charge in [0, 0.05) is 11.4 Å². The van der Waals surface area contributed by atoms with Crippen LogP contribution in [0.2, 0.25) is 0 Å². The van der Waals surface area contributed by atoms with Crippen LogP contribution in [0.1, 0.15) is 21.5 Å². The molecular formula is C16H20N2O2. The average Bonchev–Trinajstić information content (AvgIpc) is 2.44. The van der Waals surface area contributed by atoms with E-state index in [1.54, 1.807) is 24.3 Å². The summed E-state index contributed by atoms with van der Waals surface area (Å²) in [4.78, 5) is 10.9. The zero-order valence-electron chi connectivity index (χ0n) is 12.0. The van der Waals surface area contributed by atoms with Crippen LogP contribution in [0.15, 0.2) is 42.5 Å². The molecule has 0 unspecified atom stereocenters. The Labute approximate surface area is 119 Å². The molecule has 0 saturated carbocycles. The van der Waals surface area contributed by atoms with Gasteiger partial charge in [-0.1, -0.05) is 24.3 Å². The van der Waals surface area contributed by atoms with E-state index >= 15 is 0 Å². The summed E-state index contributed by atoms with van der Waals surface area (Å²) in [6, 6.07) is 12.9. The number of nitrogen functional groups attached to an aromatic ring is 2. The number of esters is 1. The SMILES string of the molecule is COC(=O)c1ccccc1N.Cc1ccc(C)c(N)c1. The lowest BCUT2D eigenvalue weighted by Crippen LogP contribution is -2.04. The molecule has 0 aliphatic heterocycles. The quantitative estimate of drug-likeness (QED) is 0.618. The number of nitrogens with two attached hydrogens (primary N) is 2. The third-order valence-corrected chi connectivity index (χ3v) is 2.80. The molecule has 0 heterocycles. The summed E-state index contributed by atoms with van der Waals surface area (Å²) in [5, 5.41) is 0. The fourth-order valence-corrected chi connectivity index (χ4v) is 1.55. The number of hydrogen-bond donors (Lipinski definition) is 2. The molecule has 0 bridgehead atoms. The molecule has 0 aromatic heterocycles. The van der Waals surface area contributed by atoms with Gasteiger partial charge in [-0.25, -0.2) is 4.79 Å². The maximum atomic E-state index is 10.9. The molecule has 2 aromatic rings. The number of carbonyl (C=O) groups is 1. The number of rotatable bonds is 1. The summed E-state index contributed by atoms with van der Waals surface area (Å²) in [6.45, 7) is 4.05. The Morgan fingerprint density at radius 3 is 2.15 bits per heavy atom. The van der Waals surface area contributed by atoms with Crippen molar-refractivity contribution < 1.29 is 9.53 Å². The summed E-state index contributed by atoms with van der Waals surface area (Å²) in [6.07, 6.45) is 0. The van der Waals surface area contributed by atoms with Gasteiger partial charge in [-0.05, 0) is 43.2 Å². The number of methoxy groups -OCH3 is 1. The number of aryl methyl sites for hydroxylation is 2. The molecule has 4 N–H and O–H groups in total. The van der Waals surface area contributed by atoms with E-state index in [1.165, 1.54) is 12.7 Å². The Balaban J connectivity index is 0.000000204. The van der Waals surface area contributed by atoms with E-state index in [-0.39, 0.29) is 0 Å². The second kappa shape index (κ2) is 7.19. The Hall–Kier alpha value is -2.49. The fourth-order valence-electron chi connectivity index (χ4n) is 1.55. The van der Waals surface area contributed by atoms with Crippen LogP contribution in [-0.4, -0.2) is 13.1 Å². The molecule has 0 amide bonds. The largest absolute Gasteiger partial charge is 0.465 e. The Kier molecular flexibility index (Phi) is 5.59. The molecule has 4 heteroatoms. The van der Waals surface area contributed by atoms with Gasteiger partial charge in [0.1, 0.15) is 0 Å². The fraction of sp³-hybridized carbons (Fsp3) is 0.188. The third-order valence-electron chi connectivity index (χ3n) is 2.80. The van der Waals surface area contributed by atoms with E-state index in [9.17, 15) is 4.79 Å². The molecular weight excluding hydrogens is 252 g/mol. The zero-order valence-corrected chi connectivity index (χ0v) is 12.0. The minimum absolute atomic E-state index is 0.400. The molecule has 0 spiro atoms. The van der Waals surface area contributed by atoms with Crippen LogP contribution in [0, 0.1) is 13.8 Å². The molecule has 106 valence electrons. The first-order valence-electron chi connectivity index (χ1n) is 6.21. The predicted octanol–water partition coefficient (Wildman–Crippen LogP) is 2.94. The lowest BCUT2D eigenvalue weighted by molar-refractivity contribution is 0.0602. The highest BCUT2D eigenvalue weighted by Gasteiger charge is 2.06. The Bertz CT molecular complexity index is 595. The number of hydrogen-bond acceptors (Lipinski definition) is 4. The standard InChI is InChI=1S/C8H9NO2.C8H11N/c1-11-8(10)6-4-2-3-5-7(6)9;1-6-3-4-7(2)8(9)5-6/h2-5H,9H2,1H3;3-5H,9H2,1-2H3. The molecule has 0 aliphatic carbocycles. The molecule has 0 saturated heterocycles. The van der Waals surface area contributed by atoms with Crippen molar-refractivity contribution in [2.45, 2.75) is 13.8 Å². The van der Waals surface area contributed by atoms with Crippen LogP contribution >= 0.6 is 0 Å². The van der Waals surface area contributed by atoms with Crippen molar-refractivity contribution in [1.29, 1.82) is 0 Å². The molecule has 0 radical (unpaired) electrons. The van der Waals surface area contributed by atoms with Gasteiger partial charge in [0.2, 0.25) is 0 Å². The van der Waals surface area contributed by atoms with Gasteiger partial charge in [-0.15, -0.1) is 0 Å². The van der Waals surface area contributed by atoms with Crippen LogP contribution in [0.4, 0.5) is 11.4 Å². The summed E-state index contributed by atoms with van der Waals surface area (Å²) in [5.74, 6) is -0.400. The monoisotopic (exact) mass is 272 g/mol. The van der Waals surface area contributed by atoms with Gasteiger partial charge in [0.25, 0.3) is 0 Å². The molecule has 0 atom stereocenters. The number of carbonyl (C=O) groups excluding carboxylic acids is 1. The Morgan fingerprint density at radius 1 is 1.00 bits per heavy atom. The zero-order chi connectivity index (χ0) is 15.1. The summed E-state index contributed by atoms with van der Waals surface area (Å²) in [5.41, 5.74) is 15.2. The summed E-state index contributed by atoms with van der Waals surface area (Å²) >= 11 is 0. The molecule has 0 fully saturated rings. The van der Waals surface area contributed by atoms with Crippen LogP contribution in [0.5, 0.6) is 0 Å². The molecule has 0 aliphatic rings. The lowest BCUT2D eigenvalue weighted by atomic mass is 10.1. The second-order valence-corrected chi connectivity index (χ2v) is 4.44. The molecule has 4 nitrogen and oxygen atoms in total. The van der Waals surface area contributed by atoms with Crippen LogP contribution in [0.25, 0.3) is 0 Å². The highest BCUT2D eigenvalue weighted by molar-refractivity contribution is 5.94. The number of anilines is 2. The summed E-state index contributed by atoms with van der Waals surface area (Å²) in [7, 11) is 1.33. The molecule has 2 rings (SSSR count). The van der Waals surface area contributed by atoms with Crippen molar-refractivity contribution in [2.24, 2.45) is 0 Å². The van der Waals surface area contributed by atoms with Gasteiger partial charge >= 0.3 is 5.97 Å². The highest BCUT2D eigenvalue weighted by Crippen LogP contribution is 2.11. The average molecular weight is 272 g/mol. The maximum absolute atomic E-state index is 10.9. The van der Waals surface area contributed by atoms with Gasteiger partial charge in [-0.2, -0.15) is 0 Å². The highest BCUT2D eigenvalue weighted by atomic mass is 16.5. The van der Waals surface area contributed by atoms with Gasteiger partial charge in [0.15, 0.2) is 0 Å². The third kappa shape index (κ3) is 4.31. The molecule has 2 aromatic carbocycles. The van der Waals surface area contributed by atoms with E-state index in [0.29, 0.717) is 11.3 Å². The van der Waals surface area contributed by atoms with Crippen molar-refractivity contribution in [3.8, 4) is 0 Å². The first kappa shape index (κ1) is 15.6. The second-order valence-electron chi connectivity index (χ2n) is 4.44. The van der Waals surface area contributed by atoms with Crippen LogP contribution in [0.3, 0.4) is 0 Å². The lowest BCUT2D eigenvalue weighted by Gasteiger charge is -2.00. The minimum atomic E-state index is -0.400. The van der Waals surface area contributed by atoms with Gasteiger partial charge < -0.3 is 16.2 Å². The normalized spacial score (nSPS) is 9.35. The first-order valence-corrected chi connectivity index (χ1v) is 6.21. The number of ether oxygens (including phenoxy) is 1. The molecule has 20 heavy (non-hydrogen) atoms. The first-order chi connectivity index (χ1) is 9.45. The van der Waals surface area contributed by atoms with Crippen LogP contribution in [-0.2, 0) is 4.74 Å². The maximum Gasteiger partial charge on any atom is 0.339 e. The van der Waals surface area contributed by atoms with Crippen LogP contribution < -0.4 is 11.5 Å². The van der Waals surface area contributed by atoms with E-state index < -0.39 is 5.97 Å². The smallest absolute Gasteiger partial charge is 0.339 e. The van der Waals surface area contributed by atoms with E-state index in [2.05, 4.69) is 10.8 Å². The van der Waals surface area contributed by atoms with Crippen molar-refractivity contribution >= 4 is 17.3 Å². The van der Waals surface area contributed by atoms with Gasteiger partial charge in [0.05, 0.1) is 12.7 Å². The van der Waals surface area contributed by atoms with E-state index in [4.69, 9.17) is 11.5 Å². The van der Waals surface area contributed by atoms with E-state index in [1.807, 2.05) is 26.0 Å². The topological polar surface area (TPSA) is 78.3 Å². The minimum Gasteiger partial charge on any atom is -0.465 e. The number of para-hydroxylation sites is 1. The van der Waals surface area contributed by atoms with Gasteiger partial charge in [-0.3, -0.25) is 0 Å². The Morgan fingerprint density at radius 2 is 1.65 bits per heavy atom. The van der Waals surface area contributed by atoms with Crippen molar-refractivity contribution in [3.63, 3.8) is 0 Å². The van der Waals surface area contributed by atoms with Crippen molar-refractivity contribution in [1.82, 2.24) is 0 Å².